The zero-order chi connectivity index (χ0) is 20.8. The van der Waals surface area contributed by atoms with E-state index in [1.807, 2.05) is 6.92 Å². The monoisotopic (exact) mass is 403 g/mol. The molecule has 6 heteroatoms. The first-order valence-corrected chi connectivity index (χ1v) is 10.9. The molecule has 4 fully saturated rings. The molecule has 1 aliphatic heterocycles. The molecular formula is C24H25N3O3. The molecule has 0 spiro atoms. The van der Waals surface area contributed by atoms with Crippen LogP contribution in [0.25, 0.3) is 5.69 Å². The van der Waals surface area contributed by atoms with Gasteiger partial charge in [0.2, 0.25) is 0 Å². The van der Waals surface area contributed by atoms with Crippen molar-refractivity contribution in [1.82, 2.24) is 9.88 Å². The molecule has 0 unspecified atom stereocenters. The summed E-state index contributed by atoms with van der Waals surface area (Å²) in [5.41, 5.74) is 9.18. The molecule has 0 saturated heterocycles. The average Bonchev–Trinajstić information content (AvgIpc) is 2.95. The smallest absolute Gasteiger partial charge is 0.262 e. The molecule has 0 atom stereocenters. The van der Waals surface area contributed by atoms with Gasteiger partial charge in [0.1, 0.15) is 5.82 Å². The fraction of sp³-hybridized carbons (Fsp3) is 0.458. The molecular weight excluding hydrogens is 378 g/mol. The number of amides is 2. The minimum atomic E-state index is -0.565. The zero-order valence-electron chi connectivity index (χ0n) is 17.0. The molecule has 2 heterocycles. The predicted octanol–water partition coefficient (Wildman–Crippen LogP) is 3.08. The molecule has 2 aromatic rings. The van der Waals surface area contributed by atoms with E-state index in [0.29, 0.717) is 5.69 Å². The summed E-state index contributed by atoms with van der Waals surface area (Å²) in [7, 11) is 0. The molecule has 30 heavy (non-hydrogen) atoms. The van der Waals surface area contributed by atoms with Crippen molar-refractivity contribution < 1.29 is 9.59 Å². The minimum absolute atomic E-state index is 0.0339. The number of aromatic nitrogens is 1. The highest BCUT2D eigenvalue weighted by molar-refractivity contribution is 6.23. The normalized spacial score (nSPS) is 31.2. The van der Waals surface area contributed by atoms with E-state index in [1.165, 1.54) is 54.7 Å². The van der Waals surface area contributed by atoms with Crippen molar-refractivity contribution >= 4 is 17.6 Å². The second kappa shape index (κ2) is 5.84. The Bertz CT molecular complexity index is 1160. The number of nitrogens with one attached hydrogen (secondary N) is 1. The van der Waals surface area contributed by atoms with E-state index >= 15 is 0 Å². The summed E-state index contributed by atoms with van der Waals surface area (Å²) in [6, 6.07) is 7.62. The highest BCUT2D eigenvalue weighted by atomic mass is 16.2. The molecule has 6 nitrogen and oxygen atoms in total. The Balaban J connectivity index is 1.52. The van der Waals surface area contributed by atoms with E-state index in [1.54, 1.807) is 0 Å². The van der Waals surface area contributed by atoms with Gasteiger partial charge < -0.3 is 5.73 Å². The molecule has 7 rings (SSSR count). The molecule has 0 radical (unpaired) electrons. The Kier molecular flexibility index (Phi) is 3.49. The van der Waals surface area contributed by atoms with Gasteiger partial charge in [-0.25, -0.2) is 0 Å². The van der Waals surface area contributed by atoms with Crippen LogP contribution in [0.15, 0.2) is 29.1 Å². The van der Waals surface area contributed by atoms with Crippen LogP contribution in [0, 0.1) is 24.7 Å². The molecule has 1 aromatic carbocycles. The van der Waals surface area contributed by atoms with Gasteiger partial charge in [-0.15, -0.1) is 0 Å². The van der Waals surface area contributed by atoms with Gasteiger partial charge in [0.15, 0.2) is 0 Å². The third-order valence-electron chi connectivity index (χ3n) is 8.05. The second-order valence-electron chi connectivity index (χ2n) is 9.97. The Morgan fingerprint density at radius 2 is 1.60 bits per heavy atom. The van der Waals surface area contributed by atoms with Crippen LogP contribution >= 0.6 is 0 Å². The summed E-state index contributed by atoms with van der Waals surface area (Å²) in [6.45, 7) is 1.95. The van der Waals surface area contributed by atoms with Crippen molar-refractivity contribution in [1.29, 1.82) is 0 Å². The molecule has 3 N–H and O–H groups in total. The number of hydrogen-bond acceptors (Lipinski definition) is 4. The fourth-order valence-corrected chi connectivity index (χ4v) is 7.17. The molecule has 154 valence electrons. The topological polar surface area (TPSA) is 94.2 Å². The standard InChI is InChI=1S/C24H25N3O3/c1-12-2-3-16(24-9-13-4-14(10-24)6-15(5-13)11-24)7-18(12)27-19(28)8-17-20(21(27)25)23(30)26-22(17)29/h2-3,7-8,13-15H,4-6,9-11,25H2,1H3,(H,26,29,30). The number of nitrogens with zero attached hydrogens (tertiary/aromatic N) is 1. The molecule has 2 amide bonds. The Morgan fingerprint density at radius 3 is 2.23 bits per heavy atom. The lowest BCUT2D eigenvalue weighted by Gasteiger charge is -2.57. The summed E-state index contributed by atoms with van der Waals surface area (Å²) in [5, 5.41) is 2.23. The van der Waals surface area contributed by atoms with Gasteiger partial charge in [-0.3, -0.25) is 24.3 Å². The van der Waals surface area contributed by atoms with Gasteiger partial charge in [-0.2, -0.15) is 0 Å². The highest BCUT2D eigenvalue weighted by Gasteiger charge is 2.51. The number of nitrogens with two attached hydrogens (primary N) is 1. The van der Waals surface area contributed by atoms with Crippen molar-refractivity contribution in [3.05, 3.63) is 56.9 Å². The maximum absolute atomic E-state index is 13.0. The SMILES string of the molecule is Cc1ccc(C23CC4CC(CC(C4)C2)C3)cc1-n1c(N)c2c(cc1=O)C(=O)NC2=O. The summed E-state index contributed by atoms with van der Waals surface area (Å²) in [4.78, 5) is 37.2. The number of pyridine rings is 1. The number of rotatable bonds is 2. The van der Waals surface area contributed by atoms with Crippen LogP contribution in [0.5, 0.6) is 0 Å². The largest absolute Gasteiger partial charge is 0.384 e. The van der Waals surface area contributed by atoms with Gasteiger partial charge in [0.05, 0.1) is 16.8 Å². The summed E-state index contributed by atoms with van der Waals surface area (Å²) in [5.74, 6) is 1.39. The first-order chi connectivity index (χ1) is 14.3. The number of nitrogen functional groups attached to an aromatic ring is 1. The van der Waals surface area contributed by atoms with E-state index in [9.17, 15) is 14.4 Å². The molecule has 4 bridgehead atoms. The Labute approximate surface area is 174 Å². The van der Waals surface area contributed by atoms with Crippen LogP contribution in [0.2, 0.25) is 0 Å². The van der Waals surface area contributed by atoms with Crippen molar-refractivity contribution in [3.63, 3.8) is 0 Å². The average molecular weight is 403 g/mol. The van der Waals surface area contributed by atoms with Gasteiger partial charge in [0.25, 0.3) is 17.4 Å². The number of carbonyl (C=O) groups excluding carboxylic acids is 2. The van der Waals surface area contributed by atoms with Crippen molar-refractivity contribution in [3.8, 4) is 5.69 Å². The van der Waals surface area contributed by atoms with Gasteiger partial charge in [0, 0.05) is 6.07 Å². The lowest BCUT2D eigenvalue weighted by atomic mass is 9.48. The van der Waals surface area contributed by atoms with Crippen LogP contribution < -0.4 is 16.6 Å². The van der Waals surface area contributed by atoms with Crippen LogP contribution in [0.1, 0.15) is 70.4 Å². The number of imide groups is 1. The number of hydrogen-bond donors (Lipinski definition) is 2. The Morgan fingerprint density at radius 1 is 0.967 bits per heavy atom. The first-order valence-electron chi connectivity index (χ1n) is 10.9. The third kappa shape index (κ3) is 2.33. The van der Waals surface area contributed by atoms with Crippen LogP contribution in [0.4, 0.5) is 5.82 Å². The van der Waals surface area contributed by atoms with E-state index in [-0.39, 0.29) is 27.9 Å². The Hall–Kier alpha value is -2.89. The van der Waals surface area contributed by atoms with Gasteiger partial charge in [-0.1, -0.05) is 12.1 Å². The maximum Gasteiger partial charge on any atom is 0.262 e. The predicted molar refractivity (Wildman–Crippen MR) is 113 cm³/mol. The summed E-state index contributed by atoms with van der Waals surface area (Å²) < 4.78 is 1.40. The maximum atomic E-state index is 13.0. The van der Waals surface area contributed by atoms with Crippen molar-refractivity contribution in [2.24, 2.45) is 17.8 Å². The van der Waals surface area contributed by atoms with E-state index < -0.39 is 11.8 Å². The van der Waals surface area contributed by atoms with E-state index in [0.717, 1.165) is 23.3 Å². The van der Waals surface area contributed by atoms with Gasteiger partial charge in [-0.05, 0) is 85.8 Å². The zero-order valence-corrected chi connectivity index (χ0v) is 17.0. The number of fused-ring (bicyclic) bond motifs is 1. The van der Waals surface area contributed by atoms with Crippen LogP contribution in [0.3, 0.4) is 0 Å². The third-order valence-corrected chi connectivity index (χ3v) is 8.05. The molecule has 5 aliphatic rings. The first kappa shape index (κ1) is 17.9. The van der Waals surface area contributed by atoms with Gasteiger partial charge >= 0.3 is 0 Å². The van der Waals surface area contributed by atoms with Crippen molar-refractivity contribution in [2.75, 3.05) is 5.73 Å². The summed E-state index contributed by atoms with van der Waals surface area (Å²) in [6.07, 6.45) is 7.81. The van der Waals surface area contributed by atoms with Crippen LogP contribution in [-0.2, 0) is 5.41 Å². The minimum Gasteiger partial charge on any atom is -0.384 e. The number of carbonyl (C=O) groups is 2. The quantitative estimate of drug-likeness (QED) is 0.754. The summed E-state index contributed by atoms with van der Waals surface area (Å²) >= 11 is 0. The van der Waals surface area contributed by atoms with E-state index in [4.69, 9.17) is 5.73 Å². The number of aryl methyl sites for hydroxylation is 1. The van der Waals surface area contributed by atoms with E-state index in [2.05, 4.69) is 23.5 Å². The second-order valence-corrected chi connectivity index (χ2v) is 9.97. The highest BCUT2D eigenvalue weighted by Crippen LogP contribution is 2.60. The lowest BCUT2D eigenvalue weighted by Crippen LogP contribution is -2.48. The van der Waals surface area contributed by atoms with Crippen molar-refractivity contribution in [2.45, 2.75) is 50.9 Å². The number of benzene rings is 1. The lowest BCUT2D eigenvalue weighted by molar-refractivity contribution is -0.00519. The molecule has 4 aliphatic carbocycles. The number of anilines is 1. The molecule has 1 aromatic heterocycles. The fourth-order valence-electron chi connectivity index (χ4n) is 7.17. The molecule has 4 saturated carbocycles. The van der Waals surface area contributed by atoms with Crippen LogP contribution in [-0.4, -0.2) is 16.4 Å².